The Balaban J connectivity index is 1.43. The Hall–Kier alpha value is -3.06. The number of aryl methyl sites for hydroxylation is 1. The van der Waals surface area contributed by atoms with E-state index in [-0.39, 0.29) is 23.8 Å². The molecule has 7 heteroatoms. The lowest BCUT2D eigenvalue weighted by molar-refractivity contribution is 0.0505. The highest BCUT2D eigenvalue weighted by Gasteiger charge is 2.28. The Bertz CT molecular complexity index is 1180. The lowest BCUT2D eigenvalue weighted by Crippen LogP contribution is -2.15. The predicted octanol–water partition coefficient (Wildman–Crippen LogP) is 6.92. The van der Waals surface area contributed by atoms with Gasteiger partial charge in [0.15, 0.2) is 5.76 Å². The molecule has 186 valence electrons. The number of hydrogen-bond acceptors (Lipinski definition) is 6. The van der Waals surface area contributed by atoms with Gasteiger partial charge in [0, 0.05) is 4.88 Å². The molecule has 0 saturated carbocycles. The van der Waals surface area contributed by atoms with Gasteiger partial charge in [-0.05, 0) is 72.9 Å². The van der Waals surface area contributed by atoms with Crippen molar-refractivity contribution < 1.29 is 23.5 Å². The number of ether oxygens (including phenoxy) is 2. The Morgan fingerprint density at radius 3 is 2.51 bits per heavy atom. The molecule has 3 aromatic rings. The summed E-state index contributed by atoms with van der Waals surface area (Å²) in [6.45, 7) is 9.03. The molecule has 0 saturated heterocycles. The van der Waals surface area contributed by atoms with Crippen molar-refractivity contribution in [2.75, 3.05) is 11.9 Å². The maximum Gasteiger partial charge on any atom is 0.341 e. The van der Waals surface area contributed by atoms with Crippen LogP contribution in [0.5, 0.6) is 5.75 Å². The quantitative estimate of drug-likeness (QED) is 0.343. The van der Waals surface area contributed by atoms with Gasteiger partial charge >= 0.3 is 5.97 Å². The Kier molecular flexibility index (Phi) is 7.65. The third-order valence-electron chi connectivity index (χ3n) is 6.03. The van der Waals surface area contributed by atoms with Gasteiger partial charge in [-0.15, -0.1) is 11.3 Å². The van der Waals surface area contributed by atoms with Crippen LogP contribution in [-0.4, -0.2) is 18.5 Å². The average molecular weight is 496 g/mol. The van der Waals surface area contributed by atoms with Crippen LogP contribution in [0.25, 0.3) is 0 Å². The van der Waals surface area contributed by atoms with Crippen molar-refractivity contribution >= 4 is 28.2 Å². The van der Waals surface area contributed by atoms with E-state index in [0.29, 0.717) is 22.9 Å². The van der Waals surface area contributed by atoms with Crippen molar-refractivity contribution in [3.05, 3.63) is 69.5 Å². The highest BCUT2D eigenvalue weighted by Crippen LogP contribution is 2.39. The van der Waals surface area contributed by atoms with Crippen molar-refractivity contribution in [1.82, 2.24) is 0 Å². The van der Waals surface area contributed by atoms with Gasteiger partial charge in [0.25, 0.3) is 5.91 Å². The van der Waals surface area contributed by atoms with Crippen molar-refractivity contribution in [3.8, 4) is 5.75 Å². The molecule has 6 nitrogen and oxygen atoms in total. The molecule has 4 rings (SSSR count). The van der Waals surface area contributed by atoms with E-state index in [1.165, 1.54) is 16.9 Å². The van der Waals surface area contributed by atoms with E-state index in [4.69, 9.17) is 13.9 Å². The highest BCUT2D eigenvalue weighted by molar-refractivity contribution is 7.17. The van der Waals surface area contributed by atoms with E-state index in [1.807, 2.05) is 19.1 Å². The fourth-order valence-corrected chi connectivity index (χ4v) is 5.36. The van der Waals surface area contributed by atoms with Gasteiger partial charge < -0.3 is 19.2 Å². The summed E-state index contributed by atoms with van der Waals surface area (Å²) in [7, 11) is 0. The minimum atomic E-state index is -0.395. The van der Waals surface area contributed by atoms with Crippen molar-refractivity contribution in [2.24, 2.45) is 0 Å². The number of carbonyl (C=O) groups is 2. The first-order chi connectivity index (χ1) is 16.8. The van der Waals surface area contributed by atoms with Crippen molar-refractivity contribution in [1.29, 1.82) is 0 Å². The molecular formula is C28H33NO5S. The van der Waals surface area contributed by atoms with Crippen LogP contribution in [-0.2, 0) is 29.6 Å². The van der Waals surface area contributed by atoms with Gasteiger partial charge in [0.05, 0.1) is 12.2 Å². The molecule has 0 aliphatic heterocycles. The lowest BCUT2D eigenvalue weighted by Gasteiger charge is -2.19. The van der Waals surface area contributed by atoms with Gasteiger partial charge in [0.2, 0.25) is 0 Å². The smallest absolute Gasteiger partial charge is 0.341 e. The molecule has 35 heavy (non-hydrogen) atoms. The number of anilines is 1. The number of rotatable bonds is 8. The van der Waals surface area contributed by atoms with E-state index in [0.717, 1.165) is 48.3 Å². The molecule has 1 aromatic carbocycles. The Morgan fingerprint density at radius 2 is 1.80 bits per heavy atom. The van der Waals surface area contributed by atoms with E-state index < -0.39 is 5.91 Å². The van der Waals surface area contributed by atoms with Crippen LogP contribution in [0.2, 0.25) is 0 Å². The van der Waals surface area contributed by atoms with Crippen LogP contribution in [0.15, 0.2) is 40.8 Å². The number of thiophene rings is 1. The SMILES string of the molecule is CCCOC(=O)c1c(NC(=O)c2ccc(COc3ccc(C(C)(C)C)cc3)o2)sc2c1CCCC2. The molecule has 2 heterocycles. The summed E-state index contributed by atoms with van der Waals surface area (Å²) < 4.78 is 17.0. The van der Waals surface area contributed by atoms with E-state index in [2.05, 4.69) is 38.2 Å². The molecule has 1 aliphatic carbocycles. The molecule has 0 atom stereocenters. The fraction of sp³-hybridized carbons (Fsp3) is 0.429. The zero-order valence-electron chi connectivity index (χ0n) is 20.9. The second-order valence-corrected chi connectivity index (χ2v) is 10.9. The molecule has 1 aliphatic rings. The van der Waals surface area contributed by atoms with Crippen LogP contribution < -0.4 is 10.1 Å². The van der Waals surface area contributed by atoms with Crippen LogP contribution in [0.4, 0.5) is 5.00 Å². The summed E-state index contributed by atoms with van der Waals surface area (Å²) in [5, 5.41) is 3.43. The van der Waals surface area contributed by atoms with Gasteiger partial charge in [0.1, 0.15) is 23.1 Å². The summed E-state index contributed by atoms with van der Waals surface area (Å²) in [6.07, 6.45) is 4.62. The molecular weight excluding hydrogens is 462 g/mol. The highest BCUT2D eigenvalue weighted by atomic mass is 32.1. The molecule has 2 aromatic heterocycles. The van der Waals surface area contributed by atoms with Gasteiger partial charge in [-0.25, -0.2) is 4.79 Å². The fourth-order valence-electron chi connectivity index (χ4n) is 4.08. The molecule has 0 spiro atoms. The molecule has 1 N–H and O–H groups in total. The average Bonchev–Trinajstić information content (AvgIpc) is 3.45. The molecule has 0 fully saturated rings. The maximum atomic E-state index is 12.9. The normalized spacial score (nSPS) is 13.3. The van der Waals surface area contributed by atoms with Gasteiger partial charge in [-0.1, -0.05) is 39.8 Å². The predicted molar refractivity (Wildman–Crippen MR) is 138 cm³/mol. The Labute approximate surface area is 210 Å². The summed E-state index contributed by atoms with van der Waals surface area (Å²) >= 11 is 1.46. The summed E-state index contributed by atoms with van der Waals surface area (Å²) in [4.78, 5) is 26.9. The second kappa shape index (κ2) is 10.7. The summed E-state index contributed by atoms with van der Waals surface area (Å²) in [6, 6.07) is 11.3. The number of furan rings is 1. The molecule has 0 bridgehead atoms. The number of amides is 1. The van der Waals surface area contributed by atoms with Crippen LogP contribution in [0, 0.1) is 0 Å². The van der Waals surface area contributed by atoms with E-state index in [9.17, 15) is 9.59 Å². The largest absolute Gasteiger partial charge is 0.486 e. The van der Waals surface area contributed by atoms with Crippen LogP contribution in [0.3, 0.4) is 0 Å². The maximum absolute atomic E-state index is 12.9. The topological polar surface area (TPSA) is 77.8 Å². The number of hydrogen-bond donors (Lipinski definition) is 1. The first-order valence-electron chi connectivity index (χ1n) is 12.2. The first-order valence-corrected chi connectivity index (χ1v) is 13.0. The molecule has 0 radical (unpaired) electrons. The van der Waals surface area contributed by atoms with Crippen molar-refractivity contribution in [3.63, 3.8) is 0 Å². The molecule has 1 amide bonds. The van der Waals surface area contributed by atoms with Gasteiger partial charge in [-0.3, -0.25) is 4.79 Å². The number of esters is 1. The third-order valence-corrected chi connectivity index (χ3v) is 7.23. The Morgan fingerprint density at radius 1 is 1.06 bits per heavy atom. The number of benzene rings is 1. The van der Waals surface area contributed by atoms with Crippen LogP contribution >= 0.6 is 11.3 Å². The number of carbonyl (C=O) groups excluding carboxylic acids is 2. The standard InChI is InChI=1S/C28H33NO5S/c1-5-16-32-27(31)24-21-8-6-7-9-23(21)35-26(24)29-25(30)22-15-14-20(34-22)17-33-19-12-10-18(11-13-19)28(2,3)4/h10-15H,5-9,16-17H2,1-4H3,(H,29,30). The first kappa shape index (κ1) is 25.0. The second-order valence-electron chi connectivity index (χ2n) is 9.83. The van der Waals surface area contributed by atoms with Gasteiger partial charge in [-0.2, -0.15) is 0 Å². The lowest BCUT2D eigenvalue weighted by atomic mass is 9.87. The number of nitrogens with one attached hydrogen (secondary N) is 1. The van der Waals surface area contributed by atoms with E-state index in [1.54, 1.807) is 12.1 Å². The monoisotopic (exact) mass is 495 g/mol. The molecule has 0 unspecified atom stereocenters. The third kappa shape index (κ3) is 5.96. The minimum absolute atomic E-state index is 0.0796. The van der Waals surface area contributed by atoms with Crippen molar-refractivity contribution in [2.45, 2.75) is 71.8 Å². The number of fused-ring (bicyclic) bond motifs is 1. The van der Waals surface area contributed by atoms with Crippen LogP contribution in [0.1, 0.15) is 89.6 Å². The zero-order valence-corrected chi connectivity index (χ0v) is 21.7. The zero-order chi connectivity index (χ0) is 25.0. The summed E-state index contributed by atoms with van der Waals surface area (Å²) in [5.74, 6) is 0.690. The summed E-state index contributed by atoms with van der Waals surface area (Å²) in [5.41, 5.74) is 2.83. The van der Waals surface area contributed by atoms with E-state index >= 15 is 0 Å². The minimum Gasteiger partial charge on any atom is -0.486 e.